The van der Waals surface area contributed by atoms with E-state index in [1.54, 1.807) is 13.0 Å². The van der Waals surface area contributed by atoms with Gasteiger partial charge in [0.25, 0.3) is 5.91 Å². The average molecular weight is 251 g/mol. The summed E-state index contributed by atoms with van der Waals surface area (Å²) in [6.45, 7) is 1.77. The maximum Gasteiger partial charge on any atom is 0.255 e. The van der Waals surface area contributed by atoms with E-state index >= 15 is 0 Å². The van der Waals surface area contributed by atoms with Crippen molar-refractivity contribution in [1.29, 1.82) is 0 Å². The van der Waals surface area contributed by atoms with Gasteiger partial charge in [0.05, 0.1) is 24.0 Å². The number of carbonyl (C=O) groups is 1. The van der Waals surface area contributed by atoms with E-state index in [9.17, 15) is 9.90 Å². The van der Waals surface area contributed by atoms with Gasteiger partial charge in [-0.25, -0.2) is 0 Å². The number of aryl methyl sites for hydroxylation is 1. The third-order valence-corrected chi connectivity index (χ3v) is 3.65. The average Bonchev–Trinajstić information content (AvgIpc) is 2.75. The first-order valence-electron chi connectivity index (χ1n) is 6.71. The molecule has 0 spiro atoms. The number of hydrogen-bond donors (Lipinski definition) is 2. The molecule has 1 fully saturated rings. The number of hydrogen-bond acceptors (Lipinski definition) is 3. The molecule has 100 valence electrons. The minimum absolute atomic E-state index is 0.132. The highest BCUT2D eigenvalue weighted by molar-refractivity contribution is 5.95. The summed E-state index contributed by atoms with van der Waals surface area (Å²) in [7, 11) is 0. The molecular formula is C14H21NO3. The van der Waals surface area contributed by atoms with Gasteiger partial charge < -0.3 is 14.8 Å². The van der Waals surface area contributed by atoms with Crippen LogP contribution in [0.4, 0.5) is 0 Å². The smallest absolute Gasteiger partial charge is 0.255 e. The monoisotopic (exact) mass is 251 g/mol. The summed E-state index contributed by atoms with van der Waals surface area (Å²) < 4.78 is 5.12. The van der Waals surface area contributed by atoms with Crippen LogP contribution in [0.3, 0.4) is 0 Å². The largest absolute Gasteiger partial charge is 0.469 e. The molecule has 1 aromatic rings. The van der Waals surface area contributed by atoms with Gasteiger partial charge in [0.2, 0.25) is 0 Å². The number of nitrogens with one attached hydrogen (secondary N) is 1. The van der Waals surface area contributed by atoms with Crippen LogP contribution in [0.15, 0.2) is 16.7 Å². The Labute approximate surface area is 107 Å². The SMILES string of the molecule is Cc1occc1C(=O)N[C@H]1CCCCCC[C@@H]1O. The predicted molar refractivity (Wildman–Crippen MR) is 68.4 cm³/mol. The molecule has 0 unspecified atom stereocenters. The molecular weight excluding hydrogens is 230 g/mol. The number of rotatable bonds is 2. The van der Waals surface area contributed by atoms with Crippen molar-refractivity contribution in [2.45, 2.75) is 57.6 Å². The van der Waals surface area contributed by atoms with E-state index in [-0.39, 0.29) is 11.9 Å². The predicted octanol–water partition coefficient (Wildman–Crippen LogP) is 2.40. The normalized spacial score (nSPS) is 25.2. The Bertz CT molecular complexity index is 399. The van der Waals surface area contributed by atoms with E-state index < -0.39 is 6.10 Å². The van der Waals surface area contributed by atoms with Crippen LogP contribution in [0.5, 0.6) is 0 Å². The van der Waals surface area contributed by atoms with Gasteiger partial charge >= 0.3 is 0 Å². The molecule has 18 heavy (non-hydrogen) atoms. The lowest BCUT2D eigenvalue weighted by Crippen LogP contribution is -2.43. The number of aliphatic hydroxyl groups excluding tert-OH is 1. The second-order valence-corrected chi connectivity index (χ2v) is 5.03. The first-order chi connectivity index (χ1) is 8.68. The molecule has 0 saturated heterocycles. The second kappa shape index (κ2) is 6.05. The Morgan fingerprint density at radius 3 is 2.72 bits per heavy atom. The molecule has 0 aliphatic heterocycles. The van der Waals surface area contributed by atoms with Crippen LogP contribution in [-0.4, -0.2) is 23.2 Å². The first-order valence-corrected chi connectivity index (χ1v) is 6.71. The summed E-state index contributed by atoms with van der Waals surface area (Å²) in [6.07, 6.45) is 7.17. The fraction of sp³-hybridized carbons (Fsp3) is 0.643. The third-order valence-electron chi connectivity index (χ3n) is 3.65. The van der Waals surface area contributed by atoms with Crippen molar-refractivity contribution in [3.05, 3.63) is 23.7 Å². The number of furan rings is 1. The zero-order chi connectivity index (χ0) is 13.0. The van der Waals surface area contributed by atoms with Gasteiger partial charge in [0, 0.05) is 0 Å². The summed E-state index contributed by atoms with van der Waals surface area (Å²) >= 11 is 0. The lowest BCUT2D eigenvalue weighted by Gasteiger charge is -2.26. The molecule has 1 aliphatic carbocycles. The van der Waals surface area contributed by atoms with Crippen LogP contribution >= 0.6 is 0 Å². The van der Waals surface area contributed by atoms with Crippen molar-refractivity contribution in [2.24, 2.45) is 0 Å². The van der Waals surface area contributed by atoms with Gasteiger partial charge in [-0.1, -0.05) is 25.7 Å². The quantitative estimate of drug-likeness (QED) is 0.848. The molecule has 0 radical (unpaired) electrons. The molecule has 1 amide bonds. The van der Waals surface area contributed by atoms with Crippen molar-refractivity contribution in [3.63, 3.8) is 0 Å². The maximum atomic E-state index is 12.1. The van der Waals surface area contributed by atoms with Gasteiger partial charge in [-0.15, -0.1) is 0 Å². The van der Waals surface area contributed by atoms with E-state index in [1.165, 1.54) is 19.1 Å². The Hall–Kier alpha value is -1.29. The van der Waals surface area contributed by atoms with Crippen LogP contribution < -0.4 is 5.32 Å². The Kier molecular flexibility index (Phi) is 4.42. The zero-order valence-corrected chi connectivity index (χ0v) is 10.8. The van der Waals surface area contributed by atoms with Crippen molar-refractivity contribution in [2.75, 3.05) is 0 Å². The molecule has 1 aromatic heterocycles. The number of aliphatic hydroxyl groups is 1. The lowest BCUT2D eigenvalue weighted by molar-refractivity contribution is 0.0770. The van der Waals surface area contributed by atoms with Gasteiger partial charge in [0.15, 0.2) is 0 Å². The summed E-state index contributed by atoms with van der Waals surface area (Å²) in [6, 6.07) is 1.53. The van der Waals surface area contributed by atoms with Crippen LogP contribution in [0.1, 0.15) is 54.6 Å². The highest BCUT2D eigenvalue weighted by atomic mass is 16.3. The second-order valence-electron chi connectivity index (χ2n) is 5.03. The van der Waals surface area contributed by atoms with Gasteiger partial charge in [0.1, 0.15) is 5.76 Å². The summed E-state index contributed by atoms with van der Waals surface area (Å²) in [5, 5.41) is 13.0. The molecule has 0 aromatic carbocycles. The van der Waals surface area contributed by atoms with Crippen molar-refractivity contribution in [1.82, 2.24) is 5.32 Å². The van der Waals surface area contributed by atoms with E-state index in [1.807, 2.05) is 0 Å². The molecule has 2 atom stereocenters. The Morgan fingerprint density at radius 1 is 1.33 bits per heavy atom. The summed E-state index contributed by atoms with van der Waals surface area (Å²) in [5.41, 5.74) is 0.559. The Balaban J connectivity index is 1.98. The van der Waals surface area contributed by atoms with Gasteiger partial charge in [-0.2, -0.15) is 0 Å². The topological polar surface area (TPSA) is 62.5 Å². The molecule has 1 aliphatic rings. The molecule has 0 bridgehead atoms. The summed E-state index contributed by atoms with van der Waals surface area (Å²) in [5.74, 6) is 0.471. The van der Waals surface area contributed by atoms with Crippen molar-refractivity contribution >= 4 is 5.91 Å². The standard InChI is InChI=1S/C14H21NO3/c1-10-11(8-9-18-10)14(17)15-12-6-4-2-3-5-7-13(12)16/h8-9,12-13,16H,2-7H2,1H3,(H,15,17)/t12-,13-/m0/s1. The van der Waals surface area contributed by atoms with Crippen LogP contribution in [-0.2, 0) is 0 Å². The molecule has 4 nitrogen and oxygen atoms in total. The maximum absolute atomic E-state index is 12.1. The van der Waals surface area contributed by atoms with E-state index in [0.717, 1.165) is 25.7 Å². The van der Waals surface area contributed by atoms with E-state index in [2.05, 4.69) is 5.32 Å². The fourth-order valence-corrected chi connectivity index (χ4v) is 2.50. The highest BCUT2D eigenvalue weighted by Crippen LogP contribution is 2.18. The minimum Gasteiger partial charge on any atom is -0.469 e. The first kappa shape index (κ1) is 13.1. The number of carbonyl (C=O) groups excluding carboxylic acids is 1. The molecule has 1 heterocycles. The highest BCUT2D eigenvalue weighted by Gasteiger charge is 2.23. The van der Waals surface area contributed by atoms with Gasteiger partial charge in [-0.3, -0.25) is 4.79 Å². The van der Waals surface area contributed by atoms with Gasteiger partial charge in [-0.05, 0) is 25.8 Å². The van der Waals surface area contributed by atoms with Crippen LogP contribution in [0, 0.1) is 6.92 Å². The van der Waals surface area contributed by atoms with Crippen LogP contribution in [0.25, 0.3) is 0 Å². The van der Waals surface area contributed by atoms with Crippen molar-refractivity contribution < 1.29 is 14.3 Å². The molecule has 2 rings (SSSR count). The summed E-state index contributed by atoms with van der Waals surface area (Å²) in [4.78, 5) is 12.1. The fourth-order valence-electron chi connectivity index (χ4n) is 2.50. The Morgan fingerprint density at radius 2 is 2.06 bits per heavy atom. The lowest BCUT2D eigenvalue weighted by atomic mass is 9.94. The third kappa shape index (κ3) is 3.13. The molecule has 2 N–H and O–H groups in total. The van der Waals surface area contributed by atoms with Crippen molar-refractivity contribution in [3.8, 4) is 0 Å². The number of amides is 1. The molecule has 4 heteroatoms. The molecule has 1 saturated carbocycles. The van der Waals surface area contributed by atoms with Crippen LogP contribution in [0.2, 0.25) is 0 Å². The van der Waals surface area contributed by atoms with E-state index in [0.29, 0.717) is 11.3 Å². The minimum atomic E-state index is -0.429. The van der Waals surface area contributed by atoms with E-state index in [4.69, 9.17) is 4.42 Å². The zero-order valence-electron chi connectivity index (χ0n) is 10.8.